The summed E-state index contributed by atoms with van der Waals surface area (Å²) in [6.45, 7) is 3.55. The molecule has 46 heavy (non-hydrogen) atoms. The highest BCUT2D eigenvalue weighted by Crippen LogP contribution is 2.41. The number of hydrogen-bond acceptors (Lipinski definition) is 10. The Labute approximate surface area is 272 Å². The van der Waals surface area contributed by atoms with Crippen LogP contribution in [0.25, 0.3) is 20.2 Å². The molecule has 4 rings (SSSR count). The standard InChI is InChI=1S/C33H35FO10S2/c1-17(32(37)38)10-21(35)28-13-19-12-24(23(41-3)15-26(19)45-28)43-8-6-5-7-9-44-31-25(42-4)16-27-20(30(31)34)14-29(46-27)22(36)11-18(2)33(39)40/h12-18H,5-11H2,1-4H3,(H,37,38)(H,39,40). The molecule has 0 saturated carbocycles. The average molecular weight is 675 g/mol. The Morgan fingerprint density at radius 1 is 0.717 bits per heavy atom. The predicted octanol–water partition coefficient (Wildman–Crippen LogP) is 7.49. The van der Waals surface area contributed by atoms with Gasteiger partial charge in [0.25, 0.3) is 0 Å². The smallest absolute Gasteiger partial charge is 0.306 e. The molecule has 0 aliphatic carbocycles. The molecule has 10 nitrogen and oxygen atoms in total. The summed E-state index contributed by atoms with van der Waals surface area (Å²) in [5.74, 6) is -3.75. The number of fused-ring (bicyclic) bond motifs is 2. The highest BCUT2D eigenvalue weighted by atomic mass is 32.1. The number of unbranched alkanes of at least 4 members (excludes halogenated alkanes) is 2. The van der Waals surface area contributed by atoms with Crippen molar-refractivity contribution in [2.45, 2.75) is 46.0 Å². The number of carboxylic acids is 2. The first-order valence-corrected chi connectivity index (χ1v) is 16.3. The molecule has 0 bridgehead atoms. The van der Waals surface area contributed by atoms with E-state index in [2.05, 4.69) is 0 Å². The summed E-state index contributed by atoms with van der Waals surface area (Å²) in [6.07, 6.45) is 1.74. The van der Waals surface area contributed by atoms with Gasteiger partial charge in [-0.2, -0.15) is 0 Å². The van der Waals surface area contributed by atoms with E-state index in [-0.39, 0.29) is 52.8 Å². The van der Waals surface area contributed by atoms with Crippen LogP contribution >= 0.6 is 22.7 Å². The topological polar surface area (TPSA) is 146 Å². The van der Waals surface area contributed by atoms with E-state index in [0.29, 0.717) is 46.9 Å². The molecule has 0 aliphatic heterocycles. The van der Waals surface area contributed by atoms with Gasteiger partial charge in [0.05, 0.1) is 49.0 Å². The molecule has 2 atom stereocenters. The molecular formula is C33H35FO10S2. The third-order valence-electron chi connectivity index (χ3n) is 7.37. The Bertz CT molecular complexity index is 1760. The predicted molar refractivity (Wildman–Crippen MR) is 173 cm³/mol. The fourth-order valence-corrected chi connectivity index (χ4v) is 6.71. The Kier molecular flexibility index (Phi) is 11.6. The number of carbonyl (C=O) groups is 4. The van der Waals surface area contributed by atoms with Gasteiger partial charge in [-0.3, -0.25) is 19.2 Å². The molecule has 2 aromatic carbocycles. The van der Waals surface area contributed by atoms with Gasteiger partial charge in [-0.1, -0.05) is 13.8 Å². The van der Waals surface area contributed by atoms with E-state index in [1.54, 1.807) is 24.3 Å². The van der Waals surface area contributed by atoms with E-state index in [9.17, 15) is 19.2 Å². The van der Waals surface area contributed by atoms with Crippen molar-refractivity contribution in [3.63, 3.8) is 0 Å². The van der Waals surface area contributed by atoms with Crippen molar-refractivity contribution in [2.24, 2.45) is 11.8 Å². The van der Waals surface area contributed by atoms with Gasteiger partial charge < -0.3 is 29.2 Å². The normalized spacial score (nSPS) is 12.5. The summed E-state index contributed by atoms with van der Waals surface area (Å²) in [5.41, 5.74) is 0. The van der Waals surface area contributed by atoms with Crippen LogP contribution in [0.15, 0.2) is 30.3 Å². The van der Waals surface area contributed by atoms with E-state index in [0.717, 1.165) is 21.4 Å². The minimum Gasteiger partial charge on any atom is -0.493 e. The first kappa shape index (κ1) is 34.6. The SMILES string of the molecule is COc1cc2sc(C(=O)CC(C)C(=O)O)cc2cc1OCCCCCOc1c(OC)cc2sc(C(=O)CC(C)C(=O)O)cc2c1F. The first-order valence-electron chi connectivity index (χ1n) is 14.6. The zero-order valence-corrected chi connectivity index (χ0v) is 27.5. The Morgan fingerprint density at radius 3 is 1.85 bits per heavy atom. The van der Waals surface area contributed by atoms with Crippen LogP contribution in [0.1, 0.15) is 65.3 Å². The molecular weight excluding hydrogens is 639 g/mol. The number of rotatable bonds is 18. The number of methoxy groups -OCH3 is 2. The van der Waals surface area contributed by atoms with Crippen LogP contribution in [0.4, 0.5) is 4.39 Å². The fraction of sp³-hybridized carbons (Fsp3) is 0.394. The molecule has 246 valence electrons. The number of ketones is 2. The maximum atomic E-state index is 15.4. The molecule has 2 unspecified atom stereocenters. The van der Waals surface area contributed by atoms with Crippen molar-refractivity contribution in [1.82, 2.24) is 0 Å². The second-order valence-electron chi connectivity index (χ2n) is 10.9. The Hall–Kier alpha value is -4.23. The van der Waals surface area contributed by atoms with Crippen molar-refractivity contribution in [2.75, 3.05) is 27.4 Å². The minimum atomic E-state index is -1.07. The number of aliphatic carboxylic acids is 2. The number of Topliss-reactive ketones (excluding diaryl/α,β-unsaturated/α-hetero) is 2. The van der Waals surface area contributed by atoms with E-state index in [1.165, 1.54) is 45.5 Å². The zero-order valence-electron chi connectivity index (χ0n) is 25.8. The van der Waals surface area contributed by atoms with Crippen molar-refractivity contribution in [3.8, 4) is 23.0 Å². The summed E-state index contributed by atoms with van der Waals surface area (Å²) in [6, 6.07) is 8.36. The molecule has 0 saturated heterocycles. The number of thiophene rings is 2. The van der Waals surface area contributed by atoms with Crippen LogP contribution in [0.2, 0.25) is 0 Å². The lowest BCUT2D eigenvalue weighted by Gasteiger charge is -2.13. The zero-order chi connectivity index (χ0) is 33.5. The molecule has 2 heterocycles. The third kappa shape index (κ3) is 8.13. The quantitative estimate of drug-likeness (QED) is 0.0804. The summed E-state index contributed by atoms with van der Waals surface area (Å²) in [7, 11) is 2.93. The van der Waals surface area contributed by atoms with Gasteiger partial charge >= 0.3 is 11.9 Å². The number of carbonyl (C=O) groups excluding carboxylic acids is 2. The molecule has 0 aliphatic rings. The van der Waals surface area contributed by atoms with Crippen LogP contribution in [-0.4, -0.2) is 61.2 Å². The molecule has 0 amide bonds. The number of carboxylic acid groups (broad SMARTS) is 2. The third-order valence-corrected chi connectivity index (χ3v) is 9.64. The van der Waals surface area contributed by atoms with Gasteiger partial charge in [-0.25, -0.2) is 4.39 Å². The summed E-state index contributed by atoms with van der Waals surface area (Å²) < 4.78 is 39.3. The van der Waals surface area contributed by atoms with E-state index in [4.69, 9.17) is 29.2 Å². The molecule has 2 N–H and O–H groups in total. The van der Waals surface area contributed by atoms with Gasteiger partial charge in [0.2, 0.25) is 0 Å². The number of benzene rings is 2. The molecule has 2 aromatic heterocycles. The van der Waals surface area contributed by atoms with Crippen molar-refractivity contribution < 1.29 is 52.7 Å². The first-order chi connectivity index (χ1) is 21.9. The van der Waals surface area contributed by atoms with Crippen molar-refractivity contribution in [3.05, 3.63) is 45.9 Å². The summed E-state index contributed by atoms with van der Waals surface area (Å²) in [5, 5.41) is 19.2. The Balaban J connectivity index is 1.31. The van der Waals surface area contributed by atoms with Gasteiger partial charge in [0.15, 0.2) is 40.4 Å². The lowest BCUT2D eigenvalue weighted by Crippen LogP contribution is -2.13. The van der Waals surface area contributed by atoms with Crippen LogP contribution in [0.3, 0.4) is 0 Å². The molecule has 0 fully saturated rings. The maximum absolute atomic E-state index is 15.4. The van der Waals surface area contributed by atoms with Crippen LogP contribution < -0.4 is 18.9 Å². The maximum Gasteiger partial charge on any atom is 0.306 e. The number of hydrogen-bond donors (Lipinski definition) is 2. The summed E-state index contributed by atoms with van der Waals surface area (Å²) in [4.78, 5) is 48.1. The van der Waals surface area contributed by atoms with Gasteiger partial charge in [0, 0.05) is 39.8 Å². The number of ether oxygens (including phenoxy) is 4. The van der Waals surface area contributed by atoms with E-state index < -0.39 is 29.6 Å². The van der Waals surface area contributed by atoms with Crippen LogP contribution in [0.5, 0.6) is 23.0 Å². The monoisotopic (exact) mass is 674 g/mol. The van der Waals surface area contributed by atoms with Gasteiger partial charge in [-0.15, -0.1) is 22.7 Å². The molecule has 13 heteroatoms. The van der Waals surface area contributed by atoms with Crippen molar-refractivity contribution in [1.29, 1.82) is 0 Å². The second-order valence-corrected chi connectivity index (χ2v) is 13.1. The van der Waals surface area contributed by atoms with Gasteiger partial charge in [-0.05, 0) is 42.8 Å². The lowest BCUT2D eigenvalue weighted by atomic mass is 10.0. The molecule has 4 aromatic rings. The largest absolute Gasteiger partial charge is 0.493 e. The molecule has 0 spiro atoms. The Morgan fingerprint density at radius 2 is 1.26 bits per heavy atom. The average Bonchev–Trinajstić information content (AvgIpc) is 3.65. The fourth-order valence-electron chi connectivity index (χ4n) is 4.65. The highest BCUT2D eigenvalue weighted by molar-refractivity contribution is 7.21. The highest BCUT2D eigenvalue weighted by Gasteiger charge is 2.23. The van der Waals surface area contributed by atoms with Crippen LogP contribution in [0, 0.1) is 17.7 Å². The van der Waals surface area contributed by atoms with Gasteiger partial charge in [0.1, 0.15) is 0 Å². The van der Waals surface area contributed by atoms with Crippen molar-refractivity contribution >= 4 is 66.4 Å². The van der Waals surface area contributed by atoms with E-state index in [1.807, 2.05) is 0 Å². The van der Waals surface area contributed by atoms with E-state index >= 15 is 4.39 Å². The summed E-state index contributed by atoms with van der Waals surface area (Å²) >= 11 is 2.36. The minimum absolute atomic E-state index is 0.0500. The second kappa shape index (κ2) is 15.4. The van der Waals surface area contributed by atoms with Crippen LogP contribution in [-0.2, 0) is 9.59 Å². The lowest BCUT2D eigenvalue weighted by molar-refractivity contribution is -0.141. The number of halogens is 1. The molecule has 0 radical (unpaired) electrons.